The van der Waals surface area contributed by atoms with Crippen LogP contribution >= 0.6 is 27.3 Å². The maximum Gasteiger partial charge on any atom is 0.245 e. The quantitative estimate of drug-likeness (QED) is 0.854. The van der Waals surface area contributed by atoms with E-state index in [-0.39, 0.29) is 11.5 Å². The number of hydrogen-bond donors (Lipinski definition) is 1. The molecule has 0 aliphatic rings. The van der Waals surface area contributed by atoms with Gasteiger partial charge in [-0.05, 0) is 34.5 Å². The number of halogens is 1. The van der Waals surface area contributed by atoms with Gasteiger partial charge in [0.15, 0.2) is 0 Å². The second-order valence-electron chi connectivity index (χ2n) is 4.76. The summed E-state index contributed by atoms with van der Waals surface area (Å²) >= 11 is 4.49. The number of hydrogen-bond acceptors (Lipinski definition) is 4. The first-order chi connectivity index (χ1) is 9.84. The lowest BCUT2D eigenvalue weighted by Gasteiger charge is -2.17. The van der Waals surface area contributed by atoms with Crippen molar-refractivity contribution >= 4 is 37.3 Å². The van der Waals surface area contributed by atoms with E-state index < -0.39 is 10.0 Å². The molecule has 0 saturated heterocycles. The average Bonchev–Trinajstić information content (AvgIpc) is 2.83. The standard InChI is InChI=1S/C14H16BrNO3S2/c1-10-3-5-11(6-4-10)8-16(2)21(18,19)13-7-12(9-17)20-14(13)15/h3-7,17H,8-9H2,1-2H3. The van der Waals surface area contributed by atoms with Crippen molar-refractivity contribution < 1.29 is 13.5 Å². The van der Waals surface area contributed by atoms with Gasteiger partial charge in [0.2, 0.25) is 10.0 Å². The molecule has 4 nitrogen and oxygen atoms in total. The smallest absolute Gasteiger partial charge is 0.245 e. The zero-order valence-corrected chi connectivity index (χ0v) is 14.9. The van der Waals surface area contributed by atoms with E-state index in [0.29, 0.717) is 15.2 Å². The molecule has 0 saturated carbocycles. The van der Waals surface area contributed by atoms with E-state index >= 15 is 0 Å². The molecule has 0 bridgehead atoms. The van der Waals surface area contributed by atoms with E-state index in [4.69, 9.17) is 5.11 Å². The molecule has 1 aromatic heterocycles. The summed E-state index contributed by atoms with van der Waals surface area (Å²) < 4.78 is 27.0. The molecular weight excluding hydrogens is 374 g/mol. The van der Waals surface area contributed by atoms with Crippen molar-refractivity contribution in [2.75, 3.05) is 7.05 Å². The molecule has 2 aromatic rings. The molecule has 1 aromatic carbocycles. The molecule has 114 valence electrons. The minimum absolute atomic E-state index is 0.166. The third-order valence-corrected chi connectivity index (χ3v) is 7.12. The first-order valence-electron chi connectivity index (χ1n) is 6.25. The number of nitrogens with zero attached hydrogens (tertiary/aromatic N) is 1. The molecule has 1 N–H and O–H groups in total. The van der Waals surface area contributed by atoms with E-state index in [1.165, 1.54) is 21.7 Å². The van der Waals surface area contributed by atoms with Crippen LogP contribution in [0.4, 0.5) is 0 Å². The van der Waals surface area contributed by atoms with Crippen molar-refractivity contribution in [3.8, 4) is 0 Å². The fraction of sp³-hybridized carbons (Fsp3) is 0.286. The van der Waals surface area contributed by atoms with Crippen LogP contribution < -0.4 is 0 Å². The Labute approximate surface area is 137 Å². The molecule has 0 unspecified atom stereocenters. The second-order valence-corrected chi connectivity index (χ2v) is 9.22. The third kappa shape index (κ3) is 3.73. The van der Waals surface area contributed by atoms with Crippen LogP contribution in [0.25, 0.3) is 0 Å². The molecule has 0 aliphatic carbocycles. The second kappa shape index (κ2) is 6.58. The van der Waals surface area contributed by atoms with Crippen LogP contribution in [0.15, 0.2) is 39.0 Å². The van der Waals surface area contributed by atoms with Crippen molar-refractivity contribution in [1.82, 2.24) is 4.31 Å². The van der Waals surface area contributed by atoms with Gasteiger partial charge in [0.25, 0.3) is 0 Å². The van der Waals surface area contributed by atoms with Crippen LogP contribution in [0, 0.1) is 6.92 Å². The van der Waals surface area contributed by atoms with Gasteiger partial charge in [0.05, 0.1) is 10.4 Å². The van der Waals surface area contributed by atoms with Gasteiger partial charge in [0.1, 0.15) is 4.90 Å². The predicted molar refractivity (Wildman–Crippen MR) is 87.8 cm³/mol. The Morgan fingerprint density at radius 3 is 2.43 bits per heavy atom. The number of aliphatic hydroxyl groups excluding tert-OH is 1. The molecule has 0 spiro atoms. The number of sulfonamides is 1. The maximum absolute atomic E-state index is 12.6. The van der Waals surface area contributed by atoms with Crippen LogP contribution in [0.1, 0.15) is 16.0 Å². The average molecular weight is 390 g/mol. The maximum atomic E-state index is 12.6. The lowest BCUT2D eigenvalue weighted by Crippen LogP contribution is -2.26. The molecule has 2 rings (SSSR count). The molecule has 1 heterocycles. The molecular formula is C14H16BrNO3S2. The molecule has 21 heavy (non-hydrogen) atoms. The van der Waals surface area contributed by atoms with Crippen molar-refractivity contribution in [3.63, 3.8) is 0 Å². The van der Waals surface area contributed by atoms with Gasteiger partial charge in [-0.3, -0.25) is 0 Å². The summed E-state index contributed by atoms with van der Waals surface area (Å²) in [6.45, 7) is 2.13. The zero-order chi connectivity index (χ0) is 15.6. The van der Waals surface area contributed by atoms with E-state index in [1.54, 1.807) is 7.05 Å². The molecule has 0 aliphatic heterocycles. The highest BCUT2D eigenvalue weighted by Gasteiger charge is 2.25. The SMILES string of the molecule is Cc1ccc(CN(C)S(=O)(=O)c2cc(CO)sc2Br)cc1. The Morgan fingerprint density at radius 1 is 1.29 bits per heavy atom. The first kappa shape index (κ1) is 16.6. The van der Waals surface area contributed by atoms with Crippen molar-refractivity contribution in [1.29, 1.82) is 0 Å². The number of aryl methyl sites for hydroxylation is 1. The number of rotatable bonds is 5. The van der Waals surface area contributed by atoms with Gasteiger partial charge in [-0.1, -0.05) is 29.8 Å². The van der Waals surface area contributed by atoms with Crippen LogP contribution in [-0.2, 0) is 23.2 Å². The van der Waals surface area contributed by atoms with Crippen molar-refractivity contribution in [3.05, 3.63) is 50.1 Å². The fourth-order valence-corrected chi connectivity index (χ4v) is 5.50. The van der Waals surface area contributed by atoms with E-state index in [2.05, 4.69) is 15.9 Å². The minimum Gasteiger partial charge on any atom is -0.391 e. The number of aliphatic hydroxyl groups is 1. The highest BCUT2D eigenvalue weighted by Crippen LogP contribution is 2.33. The van der Waals surface area contributed by atoms with Gasteiger partial charge >= 0.3 is 0 Å². The van der Waals surface area contributed by atoms with Crippen LogP contribution in [-0.4, -0.2) is 24.9 Å². The molecule has 0 radical (unpaired) electrons. The van der Waals surface area contributed by atoms with Crippen molar-refractivity contribution in [2.24, 2.45) is 0 Å². The van der Waals surface area contributed by atoms with Gasteiger partial charge < -0.3 is 5.11 Å². The first-order valence-corrected chi connectivity index (χ1v) is 9.30. The molecule has 0 atom stereocenters. The normalized spacial score (nSPS) is 12.0. The van der Waals surface area contributed by atoms with E-state index in [1.807, 2.05) is 31.2 Å². The Kier molecular flexibility index (Phi) is 5.21. The summed E-state index contributed by atoms with van der Waals surface area (Å²) in [7, 11) is -2.03. The molecule has 0 amide bonds. The molecule has 0 fully saturated rings. The monoisotopic (exact) mass is 389 g/mol. The fourth-order valence-electron chi connectivity index (χ4n) is 1.86. The van der Waals surface area contributed by atoms with Gasteiger partial charge in [-0.25, -0.2) is 8.42 Å². The molecule has 7 heteroatoms. The lowest BCUT2D eigenvalue weighted by molar-refractivity contribution is 0.285. The van der Waals surface area contributed by atoms with E-state index in [0.717, 1.165) is 11.1 Å². The van der Waals surface area contributed by atoms with Gasteiger partial charge in [0, 0.05) is 18.5 Å². The third-order valence-electron chi connectivity index (χ3n) is 3.08. The van der Waals surface area contributed by atoms with Crippen molar-refractivity contribution in [2.45, 2.75) is 25.0 Å². The summed E-state index contributed by atoms with van der Waals surface area (Å²) in [4.78, 5) is 0.815. The van der Waals surface area contributed by atoms with Gasteiger partial charge in [-0.15, -0.1) is 11.3 Å². The summed E-state index contributed by atoms with van der Waals surface area (Å²) in [6, 6.07) is 9.27. The number of thiophene rings is 1. The Balaban J connectivity index is 2.25. The Morgan fingerprint density at radius 2 is 1.90 bits per heavy atom. The minimum atomic E-state index is -3.58. The van der Waals surface area contributed by atoms with E-state index in [9.17, 15) is 8.42 Å². The highest BCUT2D eigenvalue weighted by molar-refractivity contribution is 9.11. The van der Waals surface area contributed by atoms with Crippen LogP contribution in [0.3, 0.4) is 0 Å². The Hall–Kier alpha value is -0.730. The summed E-state index contributed by atoms with van der Waals surface area (Å²) in [5.74, 6) is 0. The largest absolute Gasteiger partial charge is 0.391 e. The Bertz CT molecular complexity index is 723. The highest BCUT2D eigenvalue weighted by atomic mass is 79.9. The lowest BCUT2D eigenvalue weighted by atomic mass is 10.1. The predicted octanol–water partition coefficient (Wildman–Crippen LogP) is 3.13. The summed E-state index contributed by atoms with van der Waals surface area (Å²) in [6.07, 6.45) is 0. The summed E-state index contributed by atoms with van der Waals surface area (Å²) in [5.41, 5.74) is 2.07. The summed E-state index contributed by atoms with van der Waals surface area (Å²) in [5, 5.41) is 9.12. The number of benzene rings is 1. The topological polar surface area (TPSA) is 57.6 Å². The zero-order valence-electron chi connectivity index (χ0n) is 11.7. The van der Waals surface area contributed by atoms with Crippen LogP contribution in [0.5, 0.6) is 0 Å². The van der Waals surface area contributed by atoms with Crippen LogP contribution in [0.2, 0.25) is 0 Å². The van der Waals surface area contributed by atoms with Gasteiger partial charge in [-0.2, -0.15) is 4.31 Å².